The Kier molecular flexibility index (Phi) is 6.79. The number of nitrogens with zero attached hydrogens (tertiary/aromatic N) is 7. The van der Waals surface area contributed by atoms with E-state index in [1.54, 1.807) is 4.57 Å². The third-order valence-corrected chi connectivity index (χ3v) is 10.2. The molecule has 0 amide bonds. The van der Waals surface area contributed by atoms with Crippen LogP contribution in [0.3, 0.4) is 0 Å². The van der Waals surface area contributed by atoms with E-state index in [2.05, 4.69) is 29.9 Å². The number of H-pyrrole nitrogens is 1. The third-order valence-electron chi connectivity index (χ3n) is 7.89. The second-order valence-electron chi connectivity index (χ2n) is 10.6. The van der Waals surface area contributed by atoms with Crippen molar-refractivity contribution in [2.24, 2.45) is 0 Å². The second-order valence-corrected chi connectivity index (χ2v) is 14.3. The molecule has 0 aromatic carbocycles. The summed E-state index contributed by atoms with van der Waals surface area (Å²) < 4.78 is 72.6. The number of alkyl halides is 1. The number of nitrogen functional groups attached to an aromatic ring is 2. The molecule has 4 aromatic heterocycles. The molecule has 10 atom stereocenters. The number of nitrogens with one attached hydrogen (secondary N) is 1. The molecule has 4 aliphatic rings. The number of fused-ring (bicyclic) bond motifs is 4. The largest absolute Gasteiger partial charge is 0.698 e. The fourth-order valence-corrected chi connectivity index (χ4v) is 8.12. The second kappa shape index (κ2) is 10.4. The Morgan fingerprint density at radius 1 is 1.11 bits per heavy atom. The Morgan fingerprint density at radius 2 is 1.89 bits per heavy atom. The number of hydrogen-bond donors (Lipinski definition) is 4. The van der Waals surface area contributed by atoms with E-state index in [0.29, 0.717) is 11.2 Å². The minimum absolute atomic E-state index is 0.0446. The molecular weight excluding hydrogens is 665 g/mol. The van der Waals surface area contributed by atoms with Gasteiger partial charge in [-0.1, -0.05) is 0 Å². The summed E-state index contributed by atoms with van der Waals surface area (Å²) in [5, 5.41) is 0. The third kappa shape index (κ3) is 4.68. The number of aromatic amines is 1. The van der Waals surface area contributed by atoms with Crippen molar-refractivity contribution in [2.75, 3.05) is 31.3 Å². The van der Waals surface area contributed by atoms with Gasteiger partial charge in [-0.2, -0.15) is 4.98 Å². The Labute approximate surface area is 255 Å². The topological polar surface area (TPSA) is 261 Å². The van der Waals surface area contributed by atoms with E-state index < -0.39 is 82.4 Å². The number of anilines is 2. The van der Waals surface area contributed by atoms with Crippen molar-refractivity contribution in [3.8, 4) is 0 Å². The van der Waals surface area contributed by atoms with Crippen molar-refractivity contribution in [3.63, 3.8) is 0 Å². The number of ether oxygens (including phenoxy) is 3. The van der Waals surface area contributed by atoms with Crippen LogP contribution in [0.4, 0.5) is 16.2 Å². The van der Waals surface area contributed by atoms with Crippen LogP contribution in [0.1, 0.15) is 12.5 Å². The van der Waals surface area contributed by atoms with E-state index in [1.807, 2.05) is 0 Å². The highest BCUT2D eigenvalue weighted by Gasteiger charge is 2.66. The Balaban J connectivity index is 1.12. The lowest BCUT2D eigenvalue weighted by molar-refractivity contribution is -0.182. The lowest BCUT2D eigenvalue weighted by Crippen LogP contribution is -2.45. The molecule has 0 radical (unpaired) electrons. The molecule has 24 heteroatoms. The predicted octanol–water partition coefficient (Wildman–Crippen LogP) is -0.283. The number of rotatable bonds is 2. The fraction of sp³-hybridized carbons (Fsp3) is 0.524. The summed E-state index contributed by atoms with van der Waals surface area (Å²) >= 11 is 5.29. The molecule has 0 spiro atoms. The highest BCUT2D eigenvalue weighted by molar-refractivity contribution is 8.07. The van der Waals surface area contributed by atoms with Crippen LogP contribution in [-0.2, 0) is 48.7 Å². The molecule has 4 aromatic rings. The summed E-state index contributed by atoms with van der Waals surface area (Å²) in [6.07, 6.45) is -5.40. The minimum atomic E-state index is -4.13. The van der Waals surface area contributed by atoms with Crippen LogP contribution in [0.2, 0.25) is 0 Å². The first-order chi connectivity index (χ1) is 21.5. The van der Waals surface area contributed by atoms with Crippen LogP contribution in [0, 0.1) is 0 Å². The maximum atomic E-state index is 15.8. The molecule has 8 heterocycles. The Morgan fingerprint density at radius 3 is 2.71 bits per heavy atom. The maximum Gasteiger partial charge on any atom is 0.698 e. The number of hydrogen-bond acceptors (Lipinski definition) is 17. The number of halogens is 1. The smallest absolute Gasteiger partial charge is 0.382 e. The van der Waals surface area contributed by atoms with E-state index in [0.717, 1.165) is 0 Å². The van der Waals surface area contributed by atoms with Gasteiger partial charge in [-0.25, -0.2) is 24.3 Å². The van der Waals surface area contributed by atoms with Crippen molar-refractivity contribution in [1.29, 1.82) is 0 Å². The first-order valence-corrected chi connectivity index (χ1v) is 16.9. The Hall–Kier alpha value is -3.14. The van der Waals surface area contributed by atoms with Crippen molar-refractivity contribution >= 4 is 60.9 Å². The van der Waals surface area contributed by atoms with Gasteiger partial charge >= 0.3 is 15.0 Å². The molecule has 0 saturated carbocycles. The zero-order valence-corrected chi connectivity index (χ0v) is 25.1. The van der Waals surface area contributed by atoms with E-state index in [1.165, 1.54) is 23.5 Å². The SMILES string of the molecule is Nc1nc2c(ncn2[C@@H]2O[C@@H]3COP(O)(=S)O[C@H]4[C@H]5OC[C@]4(CO[P+](=O)O[C@@H]2[C@@H]3F)O[C@H]5n2cnc3c(N)ncnc32)c(=O)[nH]1. The van der Waals surface area contributed by atoms with E-state index in [9.17, 15) is 14.3 Å². The van der Waals surface area contributed by atoms with E-state index in [4.69, 9.17) is 55.6 Å². The molecule has 0 aliphatic carbocycles. The predicted molar refractivity (Wildman–Crippen MR) is 149 cm³/mol. The normalized spacial score (nSPS) is 37.8. The van der Waals surface area contributed by atoms with E-state index >= 15 is 4.39 Å². The van der Waals surface area contributed by atoms with Crippen LogP contribution in [0.25, 0.3) is 22.3 Å². The molecule has 45 heavy (non-hydrogen) atoms. The molecule has 4 aliphatic heterocycles. The van der Waals surface area contributed by atoms with Crippen molar-refractivity contribution in [1.82, 2.24) is 39.0 Å². The summed E-state index contributed by atoms with van der Waals surface area (Å²) in [5.41, 5.74) is 10.0. The standard InChI is InChI=1S/C21H21FN10O10P2S/c22-8-7-1-38-44(35,45)42-13-12-19(31-5-27-9-14(23)25-4-26-15(9)31)40-21(13,2-36-12)3-37-43(34)41-11(8)18(39-7)32-6-28-10-16(32)29-20(24)30-17(10)33/h4-8,11-13,18-19H,1-3H2,(H5-,23,24,25,26,29,30,33,35,45)/p+1/t7-,8-,11-,12-,13+,18-,19-,21-,44?/m1/s1. The average molecular weight is 687 g/mol. The van der Waals surface area contributed by atoms with Gasteiger partial charge in [-0.05, 0) is 11.8 Å². The molecule has 6 N–H and O–H groups in total. The number of aromatic nitrogens is 8. The van der Waals surface area contributed by atoms with Gasteiger partial charge < -0.3 is 35.1 Å². The first-order valence-electron chi connectivity index (χ1n) is 13.2. The summed E-state index contributed by atoms with van der Waals surface area (Å²) in [7, 11) is -3.04. The van der Waals surface area contributed by atoms with Crippen LogP contribution >= 0.6 is 15.0 Å². The zero-order chi connectivity index (χ0) is 31.2. The van der Waals surface area contributed by atoms with Gasteiger partial charge in [0.25, 0.3) is 5.56 Å². The molecule has 8 rings (SSSR count). The van der Waals surface area contributed by atoms with Crippen molar-refractivity contribution < 1.29 is 46.2 Å². The fourth-order valence-electron chi connectivity index (χ4n) is 5.86. The summed E-state index contributed by atoms with van der Waals surface area (Å²) in [6, 6.07) is 0. The van der Waals surface area contributed by atoms with Gasteiger partial charge in [-0.3, -0.25) is 23.4 Å². The highest BCUT2D eigenvalue weighted by Crippen LogP contribution is 2.56. The van der Waals surface area contributed by atoms with Gasteiger partial charge in [0, 0.05) is 4.57 Å². The monoisotopic (exact) mass is 687 g/mol. The minimum Gasteiger partial charge on any atom is -0.382 e. The quantitative estimate of drug-likeness (QED) is 0.197. The number of nitrogens with two attached hydrogens (primary N) is 2. The summed E-state index contributed by atoms with van der Waals surface area (Å²) in [5.74, 6) is -0.0796. The van der Waals surface area contributed by atoms with E-state index in [-0.39, 0.29) is 29.5 Å². The van der Waals surface area contributed by atoms with Gasteiger partial charge in [0.15, 0.2) is 53.0 Å². The molecule has 2 unspecified atom stereocenters. The molecule has 4 fully saturated rings. The van der Waals surface area contributed by atoms with Gasteiger partial charge in [-0.15, -0.1) is 9.05 Å². The molecule has 238 valence electrons. The average Bonchev–Trinajstić information content (AvgIpc) is 3.80. The zero-order valence-electron chi connectivity index (χ0n) is 22.5. The number of imidazole rings is 2. The van der Waals surface area contributed by atoms with Gasteiger partial charge in [0.05, 0.1) is 25.9 Å². The van der Waals surface area contributed by atoms with Crippen molar-refractivity contribution in [2.45, 2.75) is 48.6 Å². The highest BCUT2D eigenvalue weighted by atomic mass is 32.5. The summed E-state index contributed by atoms with van der Waals surface area (Å²) in [6.45, 7) is -5.30. The molecule has 4 saturated heterocycles. The Bertz CT molecular complexity index is 1960. The molecule has 4 bridgehead atoms. The van der Waals surface area contributed by atoms with Gasteiger partial charge in [0.2, 0.25) is 5.95 Å². The maximum absolute atomic E-state index is 15.8. The molecular formula is C21H22FN10O10P2S+. The van der Waals surface area contributed by atoms with Crippen molar-refractivity contribution in [3.05, 3.63) is 29.3 Å². The van der Waals surface area contributed by atoms with Crippen LogP contribution in [0.5, 0.6) is 0 Å². The lowest BCUT2D eigenvalue weighted by Gasteiger charge is -2.30. The van der Waals surface area contributed by atoms with Crippen LogP contribution in [-0.4, -0.2) is 99.9 Å². The summed E-state index contributed by atoms with van der Waals surface area (Å²) in [4.78, 5) is 46.2. The van der Waals surface area contributed by atoms with Gasteiger partial charge in [0.1, 0.15) is 36.8 Å². The lowest BCUT2D eigenvalue weighted by atomic mass is 10.0. The van der Waals surface area contributed by atoms with Crippen LogP contribution in [0.15, 0.2) is 23.8 Å². The van der Waals surface area contributed by atoms with Crippen LogP contribution < -0.4 is 17.0 Å². The first kappa shape index (κ1) is 29.3. The molecule has 20 nitrogen and oxygen atoms in total.